The smallest absolute Gasteiger partial charge is 0.177 e. The number of fused-ring (bicyclic) bond motifs is 1. The number of benzene rings is 2. The zero-order chi connectivity index (χ0) is 13.9. The predicted molar refractivity (Wildman–Crippen MR) is 89.3 cm³/mol. The average molecular weight is 282 g/mol. The summed E-state index contributed by atoms with van der Waals surface area (Å²) in [6.45, 7) is 3.24. The van der Waals surface area contributed by atoms with Crippen molar-refractivity contribution in [2.75, 3.05) is 16.8 Å². The molecule has 0 radical (unpaired) electrons. The van der Waals surface area contributed by atoms with Gasteiger partial charge < -0.3 is 10.2 Å². The van der Waals surface area contributed by atoms with Crippen LogP contribution in [0, 0.1) is 5.92 Å². The molecule has 3 rings (SSSR count). The van der Waals surface area contributed by atoms with E-state index in [0.29, 0.717) is 5.92 Å². The Morgan fingerprint density at radius 3 is 2.60 bits per heavy atom. The van der Waals surface area contributed by atoms with Gasteiger partial charge >= 0.3 is 0 Å². The maximum absolute atomic E-state index is 5.60. The number of rotatable bonds is 1. The summed E-state index contributed by atoms with van der Waals surface area (Å²) >= 11 is 5.60. The fourth-order valence-corrected chi connectivity index (χ4v) is 2.99. The normalized spacial score (nSPS) is 17.4. The van der Waals surface area contributed by atoms with Gasteiger partial charge in [-0.2, -0.15) is 0 Å². The molecule has 0 bridgehead atoms. The van der Waals surface area contributed by atoms with Gasteiger partial charge in [-0.05, 0) is 48.3 Å². The summed E-state index contributed by atoms with van der Waals surface area (Å²) in [6, 6.07) is 18.6. The van der Waals surface area contributed by atoms with Gasteiger partial charge in [0.15, 0.2) is 5.11 Å². The van der Waals surface area contributed by atoms with Crippen molar-refractivity contribution >= 4 is 28.7 Å². The molecule has 20 heavy (non-hydrogen) atoms. The second kappa shape index (κ2) is 5.63. The Morgan fingerprint density at radius 1 is 1.10 bits per heavy atom. The molecule has 0 saturated carbocycles. The summed E-state index contributed by atoms with van der Waals surface area (Å²) in [5.41, 5.74) is 3.65. The molecule has 2 aromatic rings. The zero-order valence-electron chi connectivity index (χ0n) is 11.5. The van der Waals surface area contributed by atoms with Crippen LogP contribution in [0.5, 0.6) is 0 Å². The van der Waals surface area contributed by atoms with E-state index in [1.807, 2.05) is 30.3 Å². The maximum atomic E-state index is 5.60. The van der Waals surface area contributed by atoms with Crippen LogP contribution >= 0.6 is 12.2 Å². The minimum atomic E-state index is 0.612. The zero-order valence-corrected chi connectivity index (χ0v) is 12.4. The van der Waals surface area contributed by atoms with Crippen LogP contribution in [-0.4, -0.2) is 11.7 Å². The first-order valence-corrected chi connectivity index (χ1v) is 7.36. The van der Waals surface area contributed by atoms with Gasteiger partial charge in [0.25, 0.3) is 0 Å². The molecule has 1 aliphatic heterocycles. The highest BCUT2D eigenvalue weighted by Crippen LogP contribution is 2.29. The van der Waals surface area contributed by atoms with E-state index in [-0.39, 0.29) is 0 Å². The molecule has 0 spiro atoms. The van der Waals surface area contributed by atoms with Crippen LogP contribution in [0.2, 0.25) is 0 Å². The van der Waals surface area contributed by atoms with Crippen molar-refractivity contribution in [1.82, 2.24) is 0 Å². The summed E-state index contributed by atoms with van der Waals surface area (Å²) < 4.78 is 0. The highest BCUT2D eigenvalue weighted by Gasteiger charge is 2.23. The third-order valence-corrected chi connectivity index (χ3v) is 3.94. The van der Waals surface area contributed by atoms with Crippen molar-refractivity contribution in [3.8, 4) is 0 Å². The van der Waals surface area contributed by atoms with E-state index in [1.165, 1.54) is 11.3 Å². The van der Waals surface area contributed by atoms with Crippen molar-refractivity contribution in [1.29, 1.82) is 0 Å². The molecule has 1 aliphatic rings. The van der Waals surface area contributed by atoms with Crippen LogP contribution in [0.15, 0.2) is 54.6 Å². The Kier molecular flexibility index (Phi) is 3.70. The average Bonchev–Trinajstić information content (AvgIpc) is 2.47. The Bertz CT molecular complexity index is 609. The number of anilines is 2. The van der Waals surface area contributed by atoms with E-state index in [0.717, 1.165) is 23.8 Å². The van der Waals surface area contributed by atoms with Crippen LogP contribution in [0.1, 0.15) is 12.5 Å². The van der Waals surface area contributed by atoms with Gasteiger partial charge in [0, 0.05) is 17.9 Å². The van der Waals surface area contributed by atoms with Crippen molar-refractivity contribution in [3.63, 3.8) is 0 Å². The molecule has 2 nitrogen and oxygen atoms in total. The number of nitrogens with zero attached hydrogens (tertiary/aromatic N) is 1. The molecular weight excluding hydrogens is 264 g/mol. The second-order valence-corrected chi connectivity index (χ2v) is 5.73. The molecule has 2 aromatic carbocycles. The van der Waals surface area contributed by atoms with E-state index < -0.39 is 0 Å². The first-order valence-electron chi connectivity index (χ1n) is 6.95. The van der Waals surface area contributed by atoms with Gasteiger partial charge in [0.1, 0.15) is 0 Å². The van der Waals surface area contributed by atoms with Crippen LogP contribution in [0.3, 0.4) is 0 Å². The van der Waals surface area contributed by atoms with Gasteiger partial charge in [-0.1, -0.05) is 43.3 Å². The Hall–Kier alpha value is -1.87. The molecule has 0 saturated heterocycles. The number of nitrogens with one attached hydrogen (secondary N) is 1. The first kappa shape index (κ1) is 13.1. The Morgan fingerprint density at radius 2 is 1.80 bits per heavy atom. The number of thiocarbonyl (C=S) groups is 1. The van der Waals surface area contributed by atoms with Gasteiger partial charge in [0.05, 0.1) is 0 Å². The monoisotopic (exact) mass is 282 g/mol. The fourth-order valence-electron chi connectivity index (χ4n) is 2.70. The maximum Gasteiger partial charge on any atom is 0.177 e. The van der Waals surface area contributed by atoms with Crippen LogP contribution in [0.4, 0.5) is 11.4 Å². The van der Waals surface area contributed by atoms with E-state index in [1.54, 1.807) is 0 Å². The molecule has 3 heteroatoms. The standard InChI is InChI=1S/C17H18N2S/c1-13-11-14-7-5-6-10-16(14)19(12-13)17(20)18-15-8-3-2-4-9-15/h2-10,13H,11-12H2,1H3,(H,18,20). The van der Waals surface area contributed by atoms with Gasteiger partial charge in [0.2, 0.25) is 0 Å². The molecular formula is C17H18N2S. The minimum Gasteiger partial charge on any atom is -0.332 e. The van der Waals surface area contributed by atoms with Crippen LogP contribution in [0.25, 0.3) is 0 Å². The lowest BCUT2D eigenvalue weighted by Gasteiger charge is -2.35. The highest BCUT2D eigenvalue weighted by atomic mass is 32.1. The van der Waals surface area contributed by atoms with Gasteiger partial charge in [-0.3, -0.25) is 0 Å². The second-order valence-electron chi connectivity index (χ2n) is 5.34. The molecule has 102 valence electrons. The third-order valence-electron chi connectivity index (χ3n) is 3.62. The molecule has 1 atom stereocenters. The lowest BCUT2D eigenvalue weighted by Crippen LogP contribution is -2.41. The third kappa shape index (κ3) is 2.68. The molecule has 0 aliphatic carbocycles. The molecule has 0 aromatic heterocycles. The van der Waals surface area contributed by atoms with Crippen molar-refractivity contribution < 1.29 is 0 Å². The SMILES string of the molecule is CC1Cc2ccccc2N(C(=S)Nc2ccccc2)C1. The number of hydrogen-bond acceptors (Lipinski definition) is 1. The summed E-state index contributed by atoms with van der Waals surface area (Å²) in [5, 5.41) is 4.10. The van der Waals surface area contributed by atoms with Crippen molar-refractivity contribution in [2.24, 2.45) is 5.92 Å². The quantitative estimate of drug-likeness (QED) is 0.793. The summed E-state index contributed by atoms with van der Waals surface area (Å²) in [7, 11) is 0. The number of hydrogen-bond donors (Lipinski definition) is 1. The lowest BCUT2D eigenvalue weighted by atomic mass is 9.94. The lowest BCUT2D eigenvalue weighted by molar-refractivity contribution is 0.569. The van der Waals surface area contributed by atoms with Crippen molar-refractivity contribution in [3.05, 3.63) is 60.2 Å². The molecule has 0 amide bonds. The largest absolute Gasteiger partial charge is 0.332 e. The van der Waals surface area contributed by atoms with Gasteiger partial charge in [-0.25, -0.2) is 0 Å². The van der Waals surface area contributed by atoms with E-state index in [4.69, 9.17) is 12.2 Å². The van der Waals surface area contributed by atoms with E-state index >= 15 is 0 Å². The molecule has 0 fully saturated rings. The highest BCUT2D eigenvalue weighted by molar-refractivity contribution is 7.80. The predicted octanol–water partition coefficient (Wildman–Crippen LogP) is 4.08. The Labute approximate surface area is 125 Å². The molecule has 1 N–H and O–H groups in total. The first-order chi connectivity index (χ1) is 9.74. The topological polar surface area (TPSA) is 15.3 Å². The summed E-state index contributed by atoms with van der Waals surface area (Å²) in [4.78, 5) is 2.21. The van der Waals surface area contributed by atoms with E-state index in [9.17, 15) is 0 Å². The fraction of sp³-hybridized carbons (Fsp3) is 0.235. The summed E-state index contributed by atoms with van der Waals surface area (Å²) in [5.74, 6) is 0.612. The Balaban J connectivity index is 1.85. The van der Waals surface area contributed by atoms with Crippen molar-refractivity contribution in [2.45, 2.75) is 13.3 Å². The summed E-state index contributed by atoms with van der Waals surface area (Å²) in [6.07, 6.45) is 1.13. The van der Waals surface area contributed by atoms with Crippen LogP contribution < -0.4 is 10.2 Å². The van der Waals surface area contributed by atoms with Gasteiger partial charge in [-0.15, -0.1) is 0 Å². The van der Waals surface area contributed by atoms with Crippen LogP contribution in [-0.2, 0) is 6.42 Å². The van der Waals surface area contributed by atoms with E-state index in [2.05, 4.69) is 41.4 Å². The molecule has 1 heterocycles. The minimum absolute atomic E-state index is 0.612. The molecule has 1 unspecified atom stereocenters. The number of para-hydroxylation sites is 2.